The fourth-order valence-electron chi connectivity index (χ4n) is 1.81. The first-order valence-corrected chi connectivity index (χ1v) is 7.65. The highest BCUT2D eigenvalue weighted by molar-refractivity contribution is 8.00. The van der Waals surface area contributed by atoms with E-state index in [1.54, 1.807) is 11.8 Å². The summed E-state index contributed by atoms with van der Waals surface area (Å²) in [7, 11) is 0. The van der Waals surface area contributed by atoms with Gasteiger partial charge in [-0.3, -0.25) is 4.79 Å². The molecule has 19 heavy (non-hydrogen) atoms. The van der Waals surface area contributed by atoms with Crippen LogP contribution in [0.2, 0.25) is 0 Å². The van der Waals surface area contributed by atoms with Crippen LogP contribution in [0.25, 0.3) is 0 Å². The van der Waals surface area contributed by atoms with Crippen molar-refractivity contribution in [2.45, 2.75) is 44.6 Å². The number of aryl methyl sites for hydroxylation is 2. The van der Waals surface area contributed by atoms with Crippen molar-refractivity contribution in [2.75, 3.05) is 12.4 Å². The molecule has 4 heteroatoms. The minimum absolute atomic E-state index is 0.0335. The van der Waals surface area contributed by atoms with Crippen molar-refractivity contribution < 1.29 is 9.90 Å². The van der Waals surface area contributed by atoms with Crippen molar-refractivity contribution >= 4 is 17.7 Å². The number of aliphatic hydroxyl groups is 1. The molecule has 1 aromatic rings. The van der Waals surface area contributed by atoms with Crippen molar-refractivity contribution in [3.63, 3.8) is 0 Å². The van der Waals surface area contributed by atoms with Crippen LogP contribution in [0.3, 0.4) is 0 Å². The second-order valence-electron chi connectivity index (χ2n) is 4.74. The van der Waals surface area contributed by atoms with E-state index in [4.69, 9.17) is 5.11 Å². The topological polar surface area (TPSA) is 49.3 Å². The second-order valence-corrected chi connectivity index (χ2v) is 5.76. The molecule has 1 aromatic carbocycles. The molecule has 0 fully saturated rings. The number of aliphatic hydroxyl groups excluding tert-OH is 1. The summed E-state index contributed by atoms with van der Waals surface area (Å²) >= 11 is 1.57. The Labute approximate surface area is 119 Å². The molecular formula is C15H23NO2S. The number of nitrogens with one attached hydrogen (secondary N) is 1. The van der Waals surface area contributed by atoms with Crippen LogP contribution in [0.5, 0.6) is 0 Å². The van der Waals surface area contributed by atoms with Gasteiger partial charge in [0.2, 0.25) is 5.91 Å². The monoisotopic (exact) mass is 281 g/mol. The summed E-state index contributed by atoms with van der Waals surface area (Å²) in [5.41, 5.74) is 2.41. The zero-order chi connectivity index (χ0) is 14.3. The van der Waals surface area contributed by atoms with Crippen LogP contribution in [0.1, 0.15) is 30.9 Å². The molecule has 0 aliphatic carbocycles. The van der Waals surface area contributed by atoms with E-state index in [9.17, 15) is 4.79 Å². The number of rotatable bonds is 7. The van der Waals surface area contributed by atoms with Crippen molar-refractivity contribution in [1.82, 2.24) is 5.32 Å². The van der Waals surface area contributed by atoms with Crippen LogP contribution in [0.4, 0.5) is 0 Å². The maximum absolute atomic E-state index is 11.8. The first-order chi connectivity index (χ1) is 9.06. The van der Waals surface area contributed by atoms with E-state index < -0.39 is 0 Å². The Kier molecular flexibility index (Phi) is 6.95. The number of carbonyl (C=O) groups is 1. The van der Waals surface area contributed by atoms with E-state index >= 15 is 0 Å². The third-order valence-corrected chi connectivity index (χ3v) is 4.20. The van der Waals surface area contributed by atoms with Crippen LogP contribution in [0.15, 0.2) is 23.1 Å². The molecule has 0 spiro atoms. The number of amides is 1. The highest BCUT2D eigenvalue weighted by Gasteiger charge is 2.10. The molecule has 106 valence electrons. The van der Waals surface area contributed by atoms with Gasteiger partial charge >= 0.3 is 0 Å². The minimum atomic E-state index is 0.0335. The Balaban J connectivity index is 2.47. The Bertz CT molecular complexity index is 421. The summed E-state index contributed by atoms with van der Waals surface area (Å²) < 4.78 is 0. The predicted molar refractivity (Wildman–Crippen MR) is 80.6 cm³/mol. The van der Waals surface area contributed by atoms with Gasteiger partial charge in [-0.25, -0.2) is 0 Å². The van der Waals surface area contributed by atoms with E-state index in [1.807, 2.05) is 6.92 Å². The maximum Gasteiger partial charge on any atom is 0.230 e. The lowest BCUT2D eigenvalue weighted by atomic mass is 10.1. The lowest BCUT2D eigenvalue weighted by Crippen LogP contribution is -2.36. The quantitative estimate of drug-likeness (QED) is 0.755. The molecule has 1 rings (SSSR count). The molecular weight excluding hydrogens is 258 g/mol. The molecule has 2 N–H and O–H groups in total. The zero-order valence-electron chi connectivity index (χ0n) is 11.9. The van der Waals surface area contributed by atoms with Gasteiger partial charge in [0.05, 0.1) is 5.75 Å². The molecule has 1 unspecified atom stereocenters. The largest absolute Gasteiger partial charge is 0.396 e. The third kappa shape index (κ3) is 5.66. The Morgan fingerprint density at radius 1 is 1.42 bits per heavy atom. The SMILES string of the molecule is CCC(CCO)NC(=O)CSc1cc(C)ccc1C. The predicted octanol–water partition coefficient (Wildman–Crippen LogP) is 2.67. The highest BCUT2D eigenvalue weighted by atomic mass is 32.2. The molecule has 0 bridgehead atoms. The van der Waals surface area contributed by atoms with E-state index in [0.29, 0.717) is 12.2 Å². The molecule has 3 nitrogen and oxygen atoms in total. The number of carbonyl (C=O) groups excluding carboxylic acids is 1. The summed E-state index contributed by atoms with van der Waals surface area (Å²) in [5.74, 6) is 0.456. The van der Waals surface area contributed by atoms with Crippen LogP contribution < -0.4 is 5.32 Å². The van der Waals surface area contributed by atoms with Gasteiger partial charge in [-0.1, -0.05) is 24.6 Å². The summed E-state index contributed by atoms with van der Waals surface area (Å²) in [5, 5.41) is 11.9. The molecule has 0 heterocycles. The van der Waals surface area contributed by atoms with Gasteiger partial charge in [-0.15, -0.1) is 11.8 Å². The Morgan fingerprint density at radius 3 is 2.79 bits per heavy atom. The van der Waals surface area contributed by atoms with Crippen LogP contribution >= 0.6 is 11.8 Å². The van der Waals surface area contributed by atoms with Gasteiger partial charge in [-0.05, 0) is 38.3 Å². The van der Waals surface area contributed by atoms with Crippen LogP contribution in [-0.4, -0.2) is 29.4 Å². The van der Waals surface area contributed by atoms with Crippen molar-refractivity contribution in [3.8, 4) is 0 Å². The van der Waals surface area contributed by atoms with E-state index in [1.165, 1.54) is 11.1 Å². The molecule has 0 saturated heterocycles. The molecule has 0 radical (unpaired) electrons. The Morgan fingerprint density at radius 2 is 2.16 bits per heavy atom. The van der Waals surface area contributed by atoms with Crippen molar-refractivity contribution in [1.29, 1.82) is 0 Å². The third-order valence-electron chi connectivity index (χ3n) is 3.04. The van der Waals surface area contributed by atoms with Crippen molar-refractivity contribution in [2.24, 2.45) is 0 Å². The molecule has 0 aromatic heterocycles. The number of hydrogen-bond acceptors (Lipinski definition) is 3. The molecule has 1 atom stereocenters. The molecule has 0 saturated carbocycles. The molecule has 0 aliphatic heterocycles. The van der Waals surface area contributed by atoms with Gasteiger partial charge in [0.25, 0.3) is 0 Å². The zero-order valence-corrected chi connectivity index (χ0v) is 12.7. The fourth-order valence-corrected chi connectivity index (χ4v) is 2.74. The van der Waals surface area contributed by atoms with Crippen molar-refractivity contribution in [3.05, 3.63) is 29.3 Å². The van der Waals surface area contributed by atoms with Crippen LogP contribution in [0, 0.1) is 13.8 Å². The van der Waals surface area contributed by atoms with E-state index in [0.717, 1.165) is 11.3 Å². The summed E-state index contributed by atoms with van der Waals surface area (Å²) in [6.07, 6.45) is 1.47. The van der Waals surface area contributed by atoms with E-state index in [-0.39, 0.29) is 18.6 Å². The first kappa shape index (κ1) is 16.1. The summed E-state index contributed by atoms with van der Waals surface area (Å²) in [4.78, 5) is 13.0. The maximum atomic E-state index is 11.8. The number of benzene rings is 1. The average molecular weight is 281 g/mol. The normalized spacial score (nSPS) is 12.2. The average Bonchev–Trinajstić information content (AvgIpc) is 2.39. The lowest BCUT2D eigenvalue weighted by Gasteiger charge is -2.15. The summed E-state index contributed by atoms with van der Waals surface area (Å²) in [6.45, 7) is 6.24. The molecule has 0 aliphatic rings. The number of hydrogen-bond donors (Lipinski definition) is 2. The standard InChI is InChI=1S/C15H23NO2S/c1-4-13(7-8-17)16-15(18)10-19-14-9-11(2)5-6-12(14)3/h5-6,9,13,17H,4,7-8,10H2,1-3H3,(H,16,18). The number of thioether (sulfide) groups is 1. The summed E-state index contributed by atoms with van der Waals surface area (Å²) in [6, 6.07) is 6.35. The second kappa shape index (κ2) is 8.23. The van der Waals surface area contributed by atoms with Gasteiger partial charge in [0, 0.05) is 17.5 Å². The smallest absolute Gasteiger partial charge is 0.230 e. The first-order valence-electron chi connectivity index (χ1n) is 6.67. The van der Waals surface area contributed by atoms with Gasteiger partial charge in [0.15, 0.2) is 0 Å². The van der Waals surface area contributed by atoms with Crippen LogP contribution in [-0.2, 0) is 4.79 Å². The van der Waals surface area contributed by atoms with Gasteiger partial charge in [-0.2, -0.15) is 0 Å². The lowest BCUT2D eigenvalue weighted by molar-refractivity contribution is -0.119. The van der Waals surface area contributed by atoms with E-state index in [2.05, 4.69) is 37.4 Å². The van der Waals surface area contributed by atoms with Gasteiger partial charge < -0.3 is 10.4 Å². The Hall–Kier alpha value is -1.00. The fraction of sp³-hybridized carbons (Fsp3) is 0.533. The minimum Gasteiger partial charge on any atom is -0.396 e. The van der Waals surface area contributed by atoms with Gasteiger partial charge in [0.1, 0.15) is 0 Å². The molecule has 1 amide bonds. The highest BCUT2D eigenvalue weighted by Crippen LogP contribution is 2.23.